The Hall–Kier alpha value is -3.47. The molecule has 1 fully saturated rings. The van der Waals surface area contributed by atoms with Crippen LogP contribution < -0.4 is 20.4 Å². The van der Waals surface area contributed by atoms with Crippen molar-refractivity contribution in [3.8, 4) is 5.75 Å². The van der Waals surface area contributed by atoms with Crippen LogP contribution >= 0.6 is 39.7 Å². The first-order valence-corrected chi connectivity index (χ1v) is 12.3. The Bertz CT molecular complexity index is 1300. The van der Waals surface area contributed by atoms with Crippen molar-refractivity contribution < 1.29 is 19.1 Å². The lowest BCUT2D eigenvalue weighted by atomic mass is 10.1. The zero-order chi connectivity index (χ0) is 25.8. The van der Waals surface area contributed by atoms with E-state index < -0.39 is 23.8 Å². The number of carbonyl (C=O) groups excluding carboxylic acids is 3. The summed E-state index contributed by atoms with van der Waals surface area (Å²) in [6.45, 7) is 0. The Balaban J connectivity index is 1.59. The molecule has 3 aromatic rings. The number of halogens is 2. The van der Waals surface area contributed by atoms with E-state index in [1.54, 1.807) is 72.8 Å². The fraction of sp³-hybridized carbons (Fsp3) is 0.120. The van der Waals surface area contributed by atoms with Gasteiger partial charge in [0.2, 0.25) is 11.0 Å². The molecule has 1 unspecified atom stereocenters. The van der Waals surface area contributed by atoms with Crippen LogP contribution in [-0.2, 0) is 9.59 Å². The average Bonchev–Trinajstić information content (AvgIpc) is 3.09. The van der Waals surface area contributed by atoms with E-state index >= 15 is 0 Å². The van der Waals surface area contributed by atoms with Gasteiger partial charge in [0.05, 0.1) is 19.2 Å². The number of anilines is 2. The van der Waals surface area contributed by atoms with Crippen LogP contribution in [0.5, 0.6) is 5.75 Å². The van der Waals surface area contributed by atoms with Crippen LogP contribution in [-0.4, -0.2) is 41.0 Å². The van der Waals surface area contributed by atoms with E-state index in [1.807, 2.05) is 0 Å². The number of hydrazine groups is 1. The van der Waals surface area contributed by atoms with E-state index in [1.165, 1.54) is 17.0 Å². The number of carbonyl (C=O) groups is 3. The van der Waals surface area contributed by atoms with Gasteiger partial charge in [-0.3, -0.25) is 24.7 Å². The normalized spacial score (nSPS) is 15.1. The maximum Gasteiger partial charge on any atom is 0.269 e. The number of methoxy groups -OCH3 is 1. The number of hydrogen-bond acceptors (Lipinski definition) is 5. The number of benzene rings is 3. The highest BCUT2D eigenvalue weighted by Crippen LogP contribution is 2.28. The van der Waals surface area contributed by atoms with Gasteiger partial charge in [-0.05, 0) is 85.0 Å². The zero-order valence-electron chi connectivity index (χ0n) is 18.9. The Morgan fingerprint density at radius 1 is 1.03 bits per heavy atom. The molecule has 1 atom stereocenters. The van der Waals surface area contributed by atoms with Gasteiger partial charge in [0.25, 0.3) is 11.8 Å². The Morgan fingerprint density at radius 2 is 1.67 bits per heavy atom. The molecule has 1 heterocycles. The van der Waals surface area contributed by atoms with Crippen LogP contribution in [0.15, 0.2) is 77.3 Å². The van der Waals surface area contributed by atoms with Crippen LogP contribution in [0.1, 0.15) is 16.8 Å². The lowest BCUT2D eigenvalue weighted by Gasteiger charge is -2.24. The number of nitrogens with zero attached hydrogens (tertiary/aromatic N) is 2. The van der Waals surface area contributed by atoms with Crippen molar-refractivity contribution in [2.45, 2.75) is 12.5 Å². The molecule has 3 aromatic carbocycles. The van der Waals surface area contributed by atoms with Crippen molar-refractivity contribution >= 4 is 74.0 Å². The molecule has 3 amide bonds. The third-order valence-electron chi connectivity index (χ3n) is 5.38. The predicted octanol–water partition coefficient (Wildman–Crippen LogP) is 4.79. The summed E-state index contributed by atoms with van der Waals surface area (Å²) in [6, 6.07) is 19.0. The molecule has 4 rings (SSSR count). The second-order valence-electron chi connectivity index (χ2n) is 7.75. The molecule has 184 valence electrons. The van der Waals surface area contributed by atoms with Gasteiger partial charge < -0.3 is 10.1 Å². The number of amides is 3. The Labute approximate surface area is 226 Å². The number of hydrogen-bond donors (Lipinski definition) is 2. The molecular formula is C25H20BrClN4O4S. The molecule has 1 aliphatic heterocycles. The van der Waals surface area contributed by atoms with Gasteiger partial charge in [-0.2, -0.15) is 0 Å². The summed E-state index contributed by atoms with van der Waals surface area (Å²) in [6.07, 6.45) is -0.255. The van der Waals surface area contributed by atoms with Crippen LogP contribution in [0, 0.1) is 0 Å². The van der Waals surface area contributed by atoms with Crippen LogP contribution in [0.3, 0.4) is 0 Å². The lowest BCUT2D eigenvalue weighted by Crippen LogP contribution is -2.49. The SMILES string of the molecule is COc1ccc(N2C(=O)C(CC(=O)Nc3ccc(Cl)cc3)N(NC(=O)c3ccc(Br)cc3)C2=S)cc1. The summed E-state index contributed by atoms with van der Waals surface area (Å²) < 4.78 is 6.00. The second-order valence-corrected chi connectivity index (χ2v) is 9.46. The number of ether oxygens (including phenoxy) is 1. The van der Waals surface area contributed by atoms with Crippen molar-refractivity contribution in [2.24, 2.45) is 0 Å². The van der Waals surface area contributed by atoms with Crippen LogP contribution in [0.25, 0.3) is 0 Å². The van der Waals surface area contributed by atoms with Gasteiger partial charge >= 0.3 is 0 Å². The maximum absolute atomic E-state index is 13.5. The van der Waals surface area contributed by atoms with Gasteiger partial charge in [0.15, 0.2) is 0 Å². The molecule has 0 aromatic heterocycles. The highest BCUT2D eigenvalue weighted by Gasteiger charge is 2.45. The number of rotatable bonds is 7. The largest absolute Gasteiger partial charge is 0.497 e. The summed E-state index contributed by atoms with van der Waals surface area (Å²) in [5.41, 5.74) is 4.06. The summed E-state index contributed by atoms with van der Waals surface area (Å²) in [4.78, 5) is 40.6. The molecule has 0 bridgehead atoms. The summed E-state index contributed by atoms with van der Waals surface area (Å²) in [7, 11) is 1.54. The number of nitrogens with one attached hydrogen (secondary N) is 2. The van der Waals surface area contributed by atoms with E-state index in [9.17, 15) is 14.4 Å². The summed E-state index contributed by atoms with van der Waals surface area (Å²) >= 11 is 14.8. The Kier molecular flexibility index (Phi) is 7.88. The molecule has 0 saturated carbocycles. The maximum atomic E-state index is 13.5. The van der Waals surface area contributed by atoms with Crippen molar-refractivity contribution in [1.82, 2.24) is 10.4 Å². The van der Waals surface area contributed by atoms with Crippen molar-refractivity contribution in [2.75, 3.05) is 17.3 Å². The van der Waals surface area contributed by atoms with Gasteiger partial charge in [0, 0.05) is 20.7 Å². The van der Waals surface area contributed by atoms with Gasteiger partial charge in [-0.25, -0.2) is 5.01 Å². The van der Waals surface area contributed by atoms with E-state index in [0.717, 1.165) is 4.47 Å². The third-order valence-corrected chi connectivity index (χ3v) is 6.54. The third kappa shape index (κ3) is 5.67. The fourth-order valence-corrected chi connectivity index (χ4v) is 4.32. The summed E-state index contributed by atoms with van der Waals surface area (Å²) in [5, 5.41) is 4.57. The molecule has 0 radical (unpaired) electrons. The minimum atomic E-state index is -1.06. The summed E-state index contributed by atoms with van der Waals surface area (Å²) in [5.74, 6) is -0.751. The van der Waals surface area contributed by atoms with E-state index in [4.69, 9.17) is 28.6 Å². The minimum Gasteiger partial charge on any atom is -0.497 e. The molecule has 2 N–H and O–H groups in total. The molecule has 1 saturated heterocycles. The van der Waals surface area contributed by atoms with Gasteiger partial charge in [-0.1, -0.05) is 27.5 Å². The highest BCUT2D eigenvalue weighted by atomic mass is 79.9. The first-order chi connectivity index (χ1) is 17.3. The molecule has 1 aliphatic rings. The average molecular weight is 588 g/mol. The van der Waals surface area contributed by atoms with Gasteiger partial charge in [-0.15, -0.1) is 0 Å². The quantitative estimate of drug-likeness (QED) is 0.387. The van der Waals surface area contributed by atoms with Crippen LogP contribution in [0.2, 0.25) is 5.02 Å². The molecule has 8 nitrogen and oxygen atoms in total. The first-order valence-electron chi connectivity index (χ1n) is 10.7. The molecule has 0 aliphatic carbocycles. The van der Waals surface area contributed by atoms with E-state index in [2.05, 4.69) is 26.7 Å². The highest BCUT2D eigenvalue weighted by molar-refractivity contribution is 9.10. The monoisotopic (exact) mass is 586 g/mol. The first kappa shape index (κ1) is 25.6. The molecule has 0 spiro atoms. The fourth-order valence-electron chi connectivity index (χ4n) is 3.56. The van der Waals surface area contributed by atoms with Gasteiger partial charge in [0.1, 0.15) is 11.8 Å². The number of thiocarbonyl (C=S) groups is 1. The predicted molar refractivity (Wildman–Crippen MR) is 145 cm³/mol. The Morgan fingerprint density at radius 3 is 2.28 bits per heavy atom. The van der Waals surface area contributed by atoms with Crippen molar-refractivity contribution in [3.63, 3.8) is 0 Å². The van der Waals surface area contributed by atoms with E-state index in [-0.39, 0.29) is 11.5 Å². The van der Waals surface area contributed by atoms with Crippen LogP contribution in [0.4, 0.5) is 11.4 Å². The molecular weight excluding hydrogens is 568 g/mol. The standard InChI is InChI=1S/C25H20BrClN4O4S/c1-35-20-12-10-19(11-13-20)30-24(34)21(14-22(32)28-18-8-6-17(27)7-9-18)31(25(30)36)29-23(33)15-2-4-16(26)5-3-15/h2-13,21H,14H2,1H3,(H,28,32)(H,29,33). The molecule has 11 heteroatoms. The van der Waals surface area contributed by atoms with E-state index in [0.29, 0.717) is 27.7 Å². The zero-order valence-corrected chi connectivity index (χ0v) is 22.1. The smallest absolute Gasteiger partial charge is 0.269 e. The molecule has 36 heavy (non-hydrogen) atoms. The second kappa shape index (κ2) is 11.1. The lowest BCUT2D eigenvalue weighted by molar-refractivity contribution is -0.124. The van der Waals surface area contributed by atoms with Crippen molar-refractivity contribution in [3.05, 3.63) is 87.9 Å². The minimum absolute atomic E-state index is 0.0416. The topological polar surface area (TPSA) is 91.0 Å². The van der Waals surface area contributed by atoms with Crippen molar-refractivity contribution in [1.29, 1.82) is 0 Å².